The average Bonchev–Trinajstić information content (AvgIpc) is 3.01. The van der Waals surface area contributed by atoms with Gasteiger partial charge in [-0.15, -0.1) is 0 Å². The van der Waals surface area contributed by atoms with Crippen LogP contribution in [0.25, 0.3) is 22.3 Å². The van der Waals surface area contributed by atoms with Gasteiger partial charge in [0.1, 0.15) is 0 Å². The molecule has 4 aromatic heterocycles. The molecule has 0 aromatic carbocycles. The summed E-state index contributed by atoms with van der Waals surface area (Å²) in [6, 6.07) is 0. The van der Waals surface area contributed by atoms with E-state index in [0.717, 1.165) is 0 Å². The number of imidazole rings is 2. The molecular weight excluding hydrogens is 408 g/mol. The van der Waals surface area contributed by atoms with E-state index < -0.39 is 0 Å². The minimum absolute atomic E-state index is 0.0238. The Hall–Kier alpha value is -2.93. The molecule has 4 aromatic rings. The number of nitrogens with zero attached hydrogens (tertiary/aromatic N) is 4. The van der Waals surface area contributed by atoms with Crippen LogP contribution in [-0.2, 0) is 0 Å². The van der Waals surface area contributed by atoms with Crippen molar-refractivity contribution in [1.29, 1.82) is 0 Å². The standard InChI is InChI=1S/C5H4BrN5O.C5H4ClN5O/c2*6-4-8-1-2(9-4)10-5(7)11-3(1)12/h2*(H4,7,8,9,10,11,12). The smallest absolute Gasteiger partial charge is 0.278 e. The Morgan fingerprint density at radius 2 is 1.29 bits per heavy atom. The third-order valence-corrected chi connectivity index (χ3v) is 3.26. The van der Waals surface area contributed by atoms with Gasteiger partial charge in [-0.25, -0.2) is 4.98 Å². The molecule has 14 heteroatoms. The van der Waals surface area contributed by atoms with Gasteiger partial charge >= 0.3 is 0 Å². The van der Waals surface area contributed by atoms with Crippen LogP contribution in [0.5, 0.6) is 0 Å². The van der Waals surface area contributed by atoms with Crippen LogP contribution in [0.15, 0.2) is 14.3 Å². The number of aromatic amines is 4. The maximum Gasteiger partial charge on any atom is 0.278 e. The number of halogens is 2. The first-order chi connectivity index (χ1) is 11.3. The highest BCUT2D eigenvalue weighted by Gasteiger charge is 2.06. The molecule has 0 aliphatic rings. The second-order valence-electron chi connectivity index (χ2n) is 4.35. The second kappa shape index (κ2) is 5.93. The normalized spacial score (nSPS) is 10.8. The monoisotopic (exact) mass is 414 g/mol. The Balaban J connectivity index is 0.000000141. The van der Waals surface area contributed by atoms with Crippen molar-refractivity contribution < 1.29 is 0 Å². The van der Waals surface area contributed by atoms with Crippen LogP contribution in [0.3, 0.4) is 0 Å². The maximum atomic E-state index is 11.1. The van der Waals surface area contributed by atoms with E-state index in [-0.39, 0.29) is 39.5 Å². The number of H-pyrrole nitrogens is 4. The molecule has 0 radical (unpaired) electrons. The molecule has 4 heterocycles. The molecule has 0 saturated carbocycles. The van der Waals surface area contributed by atoms with E-state index in [0.29, 0.717) is 15.9 Å². The minimum atomic E-state index is -0.378. The van der Waals surface area contributed by atoms with Gasteiger partial charge in [0.15, 0.2) is 27.1 Å². The molecule has 0 saturated heterocycles. The molecule has 0 bridgehead atoms. The van der Waals surface area contributed by atoms with Crippen LogP contribution in [0, 0.1) is 0 Å². The number of aromatic nitrogens is 8. The SMILES string of the molecule is Nc1nc2nc(Br)[nH]c2c(=O)[nH]1.Nc1nc2nc(Cl)[nH]c2c(=O)[nH]1. The van der Waals surface area contributed by atoms with Gasteiger partial charge in [0.05, 0.1) is 0 Å². The summed E-state index contributed by atoms with van der Waals surface area (Å²) in [5.41, 5.74) is 10.9. The third kappa shape index (κ3) is 3.07. The molecule has 12 nitrogen and oxygen atoms in total. The van der Waals surface area contributed by atoms with Gasteiger partial charge in [-0.05, 0) is 27.5 Å². The number of hydrogen-bond acceptors (Lipinski definition) is 8. The first-order valence-corrected chi connectivity index (χ1v) is 7.32. The van der Waals surface area contributed by atoms with E-state index >= 15 is 0 Å². The topological polar surface area (TPSA) is 201 Å². The maximum absolute atomic E-state index is 11.1. The summed E-state index contributed by atoms with van der Waals surface area (Å²) in [7, 11) is 0. The van der Waals surface area contributed by atoms with E-state index in [4.69, 9.17) is 23.1 Å². The number of hydrogen-bond donors (Lipinski definition) is 6. The zero-order chi connectivity index (χ0) is 17.4. The molecule has 0 amide bonds. The van der Waals surface area contributed by atoms with Crippen molar-refractivity contribution in [2.75, 3.05) is 11.5 Å². The number of nitrogens with two attached hydrogens (primary N) is 2. The van der Waals surface area contributed by atoms with Crippen molar-refractivity contribution in [3.05, 3.63) is 30.7 Å². The summed E-state index contributed by atoms with van der Waals surface area (Å²) >= 11 is 8.59. The van der Waals surface area contributed by atoms with Crippen molar-refractivity contribution >= 4 is 61.8 Å². The molecule has 4 rings (SSSR count). The van der Waals surface area contributed by atoms with Gasteiger partial charge < -0.3 is 21.4 Å². The average molecular weight is 416 g/mol. The Bertz CT molecular complexity index is 1070. The van der Waals surface area contributed by atoms with Crippen molar-refractivity contribution in [1.82, 2.24) is 39.9 Å². The largest absolute Gasteiger partial charge is 0.369 e. The van der Waals surface area contributed by atoms with Crippen LogP contribution in [0.4, 0.5) is 11.9 Å². The van der Waals surface area contributed by atoms with Crippen LogP contribution < -0.4 is 22.6 Å². The Kier molecular flexibility index (Phi) is 3.94. The fourth-order valence-electron chi connectivity index (χ4n) is 1.79. The summed E-state index contributed by atoms with van der Waals surface area (Å²) < 4.78 is 0.459. The second-order valence-corrected chi connectivity index (χ2v) is 5.46. The lowest BCUT2D eigenvalue weighted by molar-refractivity contribution is 1.17. The Labute approximate surface area is 144 Å². The van der Waals surface area contributed by atoms with Gasteiger partial charge in [-0.1, -0.05) is 0 Å². The fourth-order valence-corrected chi connectivity index (χ4v) is 2.33. The van der Waals surface area contributed by atoms with Crippen molar-refractivity contribution in [3.8, 4) is 0 Å². The first-order valence-electron chi connectivity index (χ1n) is 6.15. The number of fused-ring (bicyclic) bond motifs is 2. The van der Waals surface area contributed by atoms with Gasteiger partial charge in [0, 0.05) is 0 Å². The minimum Gasteiger partial charge on any atom is -0.369 e. The molecule has 0 atom stereocenters. The number of nitrogen functional groups attached to an aromatic ring is 2. The lowest BCUT2D eigenvalue weighted by atomic mass is 10.5. The molecular formula is C10H8BrClN10O2. The summed E-state index contributed by atoms with van der Waals surface area (Å²) in [4.78, 5) is 47.3. The quantitative estimate of drug-likeness (QED) is 0.213. The van der Waals surface area contributed by atoms with Gasteiger partial charge in [-0.2, -0.15) is 15.0 Å². The molecule has 0 aliphatic heterocycles. The van der Waals surface area contributed by atoms with Crippen molar-refractivity contribution in [2.24, 2.45) is 0 Å². The highest BCUT2D eigenvalue weighted by atomic mass is 79.9. The van der Waals surface area contributed by atoms with Crippen molar-refractivity contribution in [3.63, 3.8) is 0 Å². The molecule has 8 N–H and O–H groups in total. The molecule has 0 spiro atoms. The number of nitrogens with one attached hydrogen (secondary N) is 4. The van der Waals surface area contributed by atoms with Crippen molar-refractivity contribution in [2.45, 2.75) is 0 Å². The first kappa shape index (κ1) is 15.9. The van der Waals surface area contributed by atoms with Gasteiger partial charge in [-0.3, -0.25) is 19.6 Å². The number of anilines is 2. The highest BCUT2D eigenvalue weighted by molar-refractivity contribution is 9.10. The summed E-state index contributed by atoms with van der Waals surface area (Å²) in [5, 5.41) is 0.119. The van der Waals surface area contributed by atoms with Crippen LogP contribution >= 0.6 is 27.5 Å². The van der Waals surface area contributed by atoms with E-state index in [9.17, 15) is 9.59 Å². The van der Waals surface area contributed by atoms with E-state index in [2.05, 4.69) is 55.8 Å². The van der Waals surface area contributed by atoms with Crippen LogP contribution in [0.1, 0.15) is 0 Å². The molecule has 124 valence electrons. The summed E-state index contributed by atoms with van der Waals surface area (Å²) in [6.07, 6.45) is 0. The third-order valence-electron chi connectivity index (χ3n) is 2.70. The summed E-state index contributed by atoms with van der Waals surface area (Å²) in [6.45, 7) is 0. The predicted molar refractivity (Wildman–Crippen MR) is 90.6 cm³/mol. The molecule has 0 aliphatic carbocycles. The predicted octanol–water partition coefficient (Wildman–Crippen LogP) is -0.127. The van der Waals surface area contributed by atoms with E-state index in [1.54, 1.807) is 0 Å². The summed E-state index contributed by atoms with van der Waals surface area (Å²) in [5.74, 6) is 0.0853. The Morgan fingerprint density at radius 1 is 0.792 bits per heavy atom. The van der Waals surface area contributed by atoms with Crippen LogP contribution in [0.2, 0.25) is 5.28 Å². The lowest BCUT2D eigenvalue weighted by Gasteiger charge is -1.89. The van der Waals surface area contributed by atoms with E-state index in [1.807, 2.05) is 0 Å². The number of rotatable bonds is 0. The highest BCUT2D eigenvalue weighted by Crippen LogP contribution is 2.09. The van der Waals surface area contributed by atoms with E-state index in [1.165, 1.54) is 0 Å². The Morgan fingerprint density at radius 3 is 1.88 bits per heavy atom. The molecule has 0 unspecified atom stereocenters. The fraction of sp³-hybridized carbons (Fsp3) is 0. The lowest BCUT2D eigenvalue weighted by Crippen LogP contribution is -2.10. The zero-order valence-corrected chi connectivity index (χ0v) is 13.9. The van der Waals surface area contributed by atoms with Gasteiger partial charge in [0.2, 0.25) is 17.2 Å². The van der Waals surface area contributed by atoms with Crippen LogP contribution in [-0.4, -0.2) is 39.9 Å². The van der Waals surface area contributed by atoms with Gasteiger partial charge in [0.25, 0.3) is 11.1 Å². The zero-order valence-electron chi connectivity index (χ0n) is 11.5. The molecule has 0 fully saturated rings. The molecule has 24 heavy (non-hydrogen) atoms.